The summed E-state index contributed by atoms with van der Waals surface area (Å²) in [6.07, 6.45) is 1.76. The number of thioether (sulfide) groups is 1. The highest BCUT2D eigenvalue weighted by Crippen LogP contribution is 2.32. The van der Waals surface area contributed by atoms with E-state index in [-0.39, 0.29) is 5.91 Å². The van der Waals surface area contributed by atoms with E-state index in [0.717, 1.165) is 34.1 Å². The molecule has 0 N–H and O–H groups in total. The minimum absolute atomic E-state index is 0.216. The van der Waals surface area contributed by atoms with Crippen molar-refractivity contribution in [2.24, 2.45) is 4.99 Å². The first-order valence-corrected chi connectivity index (χ1v) is 9.51. The van der Waals surface area contributed by atoms with E-state index >= 15 is 0 Å². The Morgan fingerprint density at radius 1 is 1.20 bits per heavy atom. The molecule has 128 valence electrons. The highest BCUT2D eigenvalue weighted by molar-refractivity contribution is 9.10. The summed E-state index contributed by atoms with van der Waals surface area (Å²) >= 11 is 4.85. The van der Waals surface area contributed by atoms with Gasteiger partial charge >= 0.3 is 0 Å². The zero-order chi connectivity index (χ0) is 17.2. The summed E-state index contributed by atoms with van der Waals surface area (Å²) in [6.45, 7) is 2.86. The third-order valence-electron chi connectivity index (χ3n) is 3.90. The van der Waals surface area contributed by atoms with Crippen molar-refractivity contribution in [3.8, 4) is 11.3 Å². The molecule has 5 nitrogen and oxygen atoms in total. The third-order valence-corrected chi connectivity index (χ3v) is 5.44. The maximum absolute atomic E-state index is 12.2. The quantitative estimate of drug-likeness (QED) is 0.689. The van der Waals surface area contributed by atoms with Gasteiger partial charge in [0.1, 0.15) is 11.5 Å². The predicted molar refractivity (Wildman–Crippen MR) is 102 cm³/mol. The van der Waals surface area contributed by atoms with E-state index < -0.39 is 0 Å². The van der Waals surface area contributed by atoms with Crippen molar-refractivity contribution in [1.29, 1.82) is 0 Å². The lowest BCUT2D eigenvalue weighted by Crippen LogP contribution is -2.38. The molecule has 1 saturated heterocycles. The first-order chi connectivity index (χ1) is 12.2. The second kappa shape index (κ2) is 7.19. The number of benzene rings is 1. The maximum atomic E-state index is 12.2. The standard InChI is InChI=1S/C18H15BrN2O3S/c19-13-3-1-2-12(10-13)15-5-4-14(24-15)11-16-17(22)20-18(25-16)21-6-8-23-9-7-21/h1-5,10-11H,6-9H2/b16-11-. The van der Waals surface area contributed by atoms with Gasteiger partial charge in [-0.3, -0.25) is 4.79 Å². The molecule has 1 fully saturated rings. The van der Waals surface area contributed by atoms with Crippen LogP contribution in [0.1, 0.15) is 5.76 Å². The number of morpholine rings is 1. The molecular weight excluding hydrogens is 404 g/mol. The molecule has 25 heavy (non-hydrogen) atoms. The molecular formula is C18H15BrN2O3S. The lowest BCUT2D eigenvalue weighted by molar-refractivity contribution is -0.113. The fraction of sp³-hybridized carbons (Fsp3) is 0.222. The van der Waals surface area contributed by atoms with Gasteiger partial charge in [0, 0.05) is 29.2 Å². The van der Waals surface area contributed by atoms with E-state index in [1.165, 1.54) is 11.8 Å². The first-order valence-electron chi connectivity index (χ1n) is 7.90. The Kier molecular flexibility index (Phi) is 4.78. The number of aliphatic imine (C=N–C) groups is 1. The van der Waals surface area contributed by atoms with Crippen molar-refractivity contribution in [2.75, 3.05) is 26.3 Å². The highest BCUT2D eigenvalue weighted by Gasteiger charge is 2.27. The Bertz CT molecular complexity index is 869. The van der Waals surface area contributed by atoms with Crippen LogP contribution < -0.4 is 0 Å². The Morgan fingerprint density at radius 3 is 2.84 bits per heavy atom. The zero-order valence-electron chi connectivity index (χ0n) is 13.3. The second-order valence-corrected chi connectivity index (χ2v) is 7.55. The summed E-state index contributed by atoms with van der Waals surface area (Å²) in [5.74, 6) is 1.19. The number of hydrogen-bond acceptors (Lipinski definition) is 5. The molecule has 0 atom stereocenters. The Labute approximate surface area is 157 Å². The molecule has 2 aliphatic heterocycles. The van der Waals surface area contributed by atoms with E-state index in [1.807, 2.05) is 36.4 Å². The van der Waals surface area contributed by atoms with Gasteiger partial charge in [0.25, 0.3) is 5.91 Å². The molecule has 0 saturated carbocycles. The summed E-state index contributed by atoms with van der Waals surface area (Å²) in [5, 5.41) is 0.748. The minimum Gasteiger partial charge on any atom is -0.457 e. The Balaban J connectivity index is 1.51. The summed E-state index contributed by atoms with van der Waals surface area (Å²) in [5.41, 5.74) is 0.981. The highest BCUT2D eigenvalue weighted by atomic mass is 79.9. The molecule has 7 heteroatoms. The third kappa shape index (κ3) is 3.73. The molecule has 0 bridgehead atoms. The molecule has 2 aromatic rings. The van der Waals surface area contributed by atoms with Gasteiger partial charge in [-0.1, -0.05) is 28.1 Å². The van der Waals surface area contributed by atoms with E-state index in [2.05, 4.69) is 25.8 Å². The normalized spacial score (nSPS) is 19.6. The largest absolute Gasteiger partial charge is 0.457 e. The van der Waals surface area contributed by atoms with Gasteiger partial charge in [-0.15, -0.1) is 0 Å². The SMILES string of the molecule is O=C1N=C(N2CCOCC2)S/C1=C\c1ccc(-c2cccc(Br)c2)o1. The number of rotatable bonds is 2. The van der Waals surface area contributed by atoms with E-state index in [1.54, 1.807) is 6.08 Å². The molecule has 3 heterocycles. The topological polar surface area (TPSA) is 55.0 Å². The Morgan fingerprint density at radius 2 is 2.04 bits per heavy atom. The number of ether oxygens (including phenoxy) is 1. The first kappa shape index (κ1) is 16.6. The molecule has 0 radical (unpaired) electrons. The lowest BCUT2D eigenvalue weighted by atomic mass is 10.2. The van der Waals surface area contributed by atoms with Crippen LogP contribution in [0, 0.1) is 0 Å². The number of carbonyl (C=O) groups excluding carboxylic acids is 1. The number of hydrogen-bond donors (Lipinski definition) is 0. The minimum atomic E-state index is -0.216. The van der Waals surface area contributed by atoms with Crippen LogP contribution >= 0.6 is 27.7 Å². The molecule has 1 amide bonds. The number of nitrogens with zero attached hydrogens (tertiary/aromatic N) is 2. The molecule has 0 spiro atoms. The van der Waals surface area contributed by atoms with Crippen molar-refractivity contribution in [1.82, 2.24) is 4.90 Å². The van der Waals surface area contributed by atoms with E-state index in [9.17, 15) is 4.79 Å². The van der Waals surface area contributed by atoms with Crippen molar-refractivity contribution >= 4 is 44.8 Å². The van der Waals surface area contributed by atoms with E-state index in [0.29, 0.717) is 23.9 Å². The van der Waals surface area contributed by atoms with Gasteiger partial charge in [-0.25, -0.2) is 0 Å². The average Bonchev–Trinajstić information content (AvgIpc) is 3.24. The van der Waals surface area contributed by atoms with Crippen LogP contribution in [-0.4, -0.2) is 42.3 Å². The molecule has 1 aromatic heterocycles. The van der Waals surface area contributed by atoms with Crippen LogP contribution in [-0.2, 0) is 9.53 Å². The number of carbonyl (C=O) groups is 1. The van der Waals surface area contributed by atoms with Crippen LogP contribution in [0.15, 0.2) is 55.2 Å². The van der Waals surface area contributed by atoms with Gasteiger partial charge in [-0.05, 0) is 36.0 Å². The predicted octanol–water partition coefficient (Wildman–Crippen LogP) is 4.01. The number of amidine groups is 1. The van der Waals surface area contributed by atoms with Crippen molar-refractivity contribution < 1.29 is 13.9 Å². The van der Waals surface area contributed by atoms with Crippen molar-refractivity contribution in [2.45, 2.75) is 0 Å². The van der Waals surface area contributed by atoms with Gasteiger partial charge in [0.15, 0.2) is 5.17 Å². The summed E-state index contributed by atoms with van der Waals surface area (Å²) in [6, 6.07) is 11.7. The summed E-state index contributed by atoms with van der Waals surface area (Å²) in [7, 11) is 0. The summed E-state index contributed by atoms with van der Waals surface area (Å²) in [4.78, 5) is 19.0. The van der Waals surface area contributed by atoms with Crippen LogP contribution in [0.5, 0.6) is 0 Å². The van der Waals surface area contributed by atoms with Gasteiger partial charge < -0.3 is 14.1 Å². The molecule has 0 aliphatic carbocycles. The van der Waals surface area contributed by atoms with E-state index in [4.69, 9.17) is 9.15 Å². The number of halogens is 1. The monoisotopic (exact) mass is 418 g/mol. The molecule has 1 aromatic carbocycles. The smallest absolute Gasteiger partial charge is 0.286 e. The molecule has 2 aliphatic rings. The number of amides is 1. The van der Waals surface area contributed by atoms with Crippen LogP contribution in [0.4, 0.5) is 0 Å². The summed E-state index contributed by atoms with van der Waals surface area (Å²) < 4.78 is 12.2. The lowest BCUT2D eigenvalue weighted by Gasteiger charge is -2.27. The zero-order valence-corrected chi connectivity index (χ0v) is 15.7. The van der Waals surface area contributed by atoms with Crippen molar-refractivity contribution in [3.63, 3.8) is 0 Å². The average molecular weight is 419 g/mol. The van der Waals surface area contributed by atoms with Crippen LogP contribution in [0.3, 0.4) is 0 Å². The van der Waals surface area contributed by atoms with Crippen molar-refractivity contribution in [3.05, 3.63) is 51.5 Å². The van der Waals surface area contributed by atoms with Gasteiger partial charge in [-0.2, -0.15) is 4.99 Å². The van der Waals surface area contributed by atoms with Gasteiger partial charge in [0.05, 0.1) is 18.1 Å². The fourth-order valence-electron chi connectivity index (χ4n) is 2.64. The molecule has 0 unspecified atom stereocenters. The molecule has 4 rings (SSSR count). The van der Waals surface area contributed by atoms with Crippen LogP contribution in [0.2, 0.25) is 0 Å². The van der Waals surface area contributed by atoms with Gasteiger partial charge in [0.2, 0.25) is 0 Å². The maximum Gasteiger partial charge on any atom is 0.286 e. The fourth-order valence-corrected chi connectivity index (χ4v) is 3.99. The number of furan rings is 1. The Hall–Kier alpha value is -1.83. The van der Waals surface area contributed by atoms with Crippen LogP contribution in [0.25, 0.3) is 17.4 Å². The second-order valence-electron chi connectivity index (χ2n) is 5.62.